The van der Waals surface area contributed by atoms with Crippen molar-refractivity contribution < 1.29 is 14.6 Å². The summed E-state index contributed by atoms with van der Waals surface area (Å²) in [5.41, 5.74) is 0.649. The summed E-state index contributed by atoms with van der Waals surface area (Å²) in [5.74, 6) is 0.736. The first-order valence-electron chi connectivity index (χ1n) is 6.32. The molecule has 1 saturated carbocycles. The first-order valence-corrected chi connectivity index (χ1v) is 6.32. The van der Waals surface area contributed by atoms with Gasteiger partial charge in [0.25, 0.3) is 5.91 Å². The molecule has 1 aliphatic rings. The third-order valence-corrected chi connectivity index (χ3v) is 3.45. The van der Waals surface area contributed by atoms with Crippen molar-refractivity contribution in [1.82, 2.24) is 4.90 Å². The van der Waals surface area contributed by atoms with Crippen LogP contribution in [0.25, 0.3) is 0 Å². The molecule has 1 aromatic carbocycles. The molecule has 0 bridgehead atoms. The first kappa shape index (κ1) is 12.9. The fourth-order valence-corrected chi connectivity index (χ4v) is 2.16. The van der Waals surface area contributed by atoms with Gasteiger partial charge in [-0.1, -0.05) is 0 Å². The standard InChI is InChI=1S/C14H19NO3/c1-18-13-7-5-11(6-8-13)14(17)15(9-10-16)12-3-2-4-12/h5-8,12,16H,2-4,9-10H2,1H3. The minimum Gasteiger partial charge on any atom is -0.497 e. The van der Waals surface area contributed by atoms with Gasteiger partial charge in [0.2, 0.25) is 0 Å². The number of nitrogens with zero attached hydrogens (tertiary/aromatic N) is 1. The van der Waals surface area contributed by atoms with Gasteiger partial charge in [0.15, 0.2) is 0 Å². The third kappa shape index (κ3) is 2.64. The van der Waals surface area contributed by atoms with E-state index in [-0.39, 0.29) is 12.5 Å². The van der Waals surface area contributed by atoms with Crippen molar-refractivity contribution in [3.63, 3.8) is 0 Å². The van der Waals surface area contributed by atoms with Gasteiger partial charge in [0.05, 0.1) is 13.7 Å². The Morgan fingerprint density at radius 1 is 1.39 bits per heavy atom. The quantitative estimate of drug-likeness (QED) is 0.863. The van der Waals surface area contributed by atoms with E-state index in [4.69, 9.17) is 9.84 Å². The average Bonchev–Trinajstić information content (AvgIpc) is 2.35. The molecule has 1 aromatic rings. The van der Waals surface area contributed by atoms with Crippen LogP contribution in [0.5, 0.6) is 5.75 Å². The number of amides is 1. The van der Waals surface area contributed by atoms with E-state index in [1.54, 1.807) is 36.3 Å². The summed E-state index contributed by atoms with van der Waals surface area (Å²) in [4.78, 5) is 14.1. The highest BCUT2D eigenvalue weighted by Crippen LogP contribution is 2.26. The van der Waals surface area contributed by atoms with Crippen molar-refractivity contribution in [3.8, 4) is 5.75 Å². The number of hydrogen-bond acceptors (Lipinski definition) is 3. The predicted octanol–water partition coefficient (Wildman–Crippen LogP) is 1.68. The Hall–Kier alpha value is -1.55. The highest BCUT2D eigenvalue weighted by Gasteiger charge is 2.28. The molecule has 4 heteroatoms. The van der Waals surface area contributed by atoms with Crippen LogP contribution in [0.2, 0.25) is 0 Å². The lowest BCUT2D eigenvalue weighted by Gasteiger charge is -2.37. The highest BCUT2D eigenvalue weighted by atomic mass is 16.5. The van der Waals surface area contributed by atoms with Gasteiger partial charge >= 0.3 is 0 Å². The maximum absolute atomic E-state index is 12.3. The van der Waals surface area contributed by atoms with Crippen LogP contribution in [-0.2, 0) is 0 Å². The molecule has 0 heterocycles. The van der Waals surface area contributed by atoms with Crippen molar-refractivity contribution in [1.29, 1.82) is 0 Å². The third-order valence-electron chi connectivity index (χ3n) is 3.45. The number of carbonyl (C=O) groups excluding carboxylic acids is 1. The minimum absolute atomic E-state index is 0.00333. The van der Waals surface area contributed by atoms with Crippen LogP contribution in [0.4, 0.5) is 0 Å². The second kappa shape index (κ2) is 5.87. The van der Waals surface area contributed by atoms with E-state index in [2.05, 4.69) is 0 Å². The molecule has 1 fully saturated rings. The molecule has 0 radical (unpaired) electrons. The fourth-order valence-electron chi connectivity index (χ4n) is 2.16. The molecule has 0 aliphatic heterocycles. The van der Waals surface area contributed by atoms with Crippen molar-refractivity contribution in [2.75, 3.05) is 20.3 Å². The van der Waals surface area contributed by atoms with Crippen molar-refractivity contribution in [2.24, 2.45) is 0 Å². The monoisotopic (exact) mass is 249 g/mol. The molecule has 1 N–H and O–H groups in total. The largest absolute Gasteiger partial charge is 0.497 e. The summed E-state index contributed by atoms with van der Waals surface area (Å²) in [6.45, 7) is 0.425. The first-order chi connectivity index (χ1) is 8.76. The summed E-state index contributed by atoms with van der Waals surface area (Å²) >= 11 is 0. The number of ether oxygens (including phenoxy) is 1. The van der Waals surface area contributed by atoms with E-state index in [0.717, 1.165) is 18.6 Å². The van der Waals surface area contributed by atoms with Crippen molar-refractivity contribution in [2.45, 2.75) is 25.3 Å². The Balaban J connectivity index is 2.10. The van der Waals surface area contributed by atoms with Crippen LogP contribution in [-0.4, -0.2) is 42.2 Å². The molecular formula is C14H19NO3. The van der Waals surface area contributed by atoms with Gasteiger partial charge in [0.1, 0.15) is 5.75 Å². The Bertz CT molecular complexity index is 398. The number of hydrogen-bond donors (Lipinski definition) is 1. The lowest BCUT2D eigenvalue weighted by atomic mass is 9.91. The van der Waals surface area contributed by atoms with E-state index in [1.165, 1.54) is 6.42 Å². The number of benzene rings is 1. The molecule has 2 rings (SSSR count). The van der Waals surface area contributed by atoms with E-state index in [0.29, 0.717) is 18.2 Å². The molecule has 0 unspecified atom stereocenters. The smallest absolute Gasteiger partial charge is 0.254 e. The number of aliphatic hydroxyl groups is 1. The van der Waals surface area contributed by atoms with E-state index < -0.39 is 0 Å². The molecule has 18 heavy (non-hydrogen) atoms. The van der Waals surface area contributed by atoms with Crippen LogP contribution in [0.1, 0.15) is 29.6 Å². The van der Waals surface area contributed by atoms with Crippen molar-refractivity contribution >= 4 is 5.91 Å². The summed E-state index contributed by atoms with van der Waals surface area (Å²) in [6, 6.07) is 7.40. The van der Waals surface area contributed by atoms with Crippen LogP contribution in [0, 0.1) is 0 Å². The van der Waals surface area contributed by atoms with E-state index >= 15 is 0 Å². The molecule has 1 aliphatic carbocycles. The van der Waals surface area contributed by atoms with Crippen molar-refractivity contribution in [3.05, 3.63) is 29.8 Å². The van der Waals surface area contributed by atoms with Gasteiger partial charge in [-0.2, -0.15) is 0 Å². The molecular weight excluding hydrogens is 230 g/mol. The second-order valence-electron chi connectivity index (χ2n) is 4.54. The average molecular weight is 249 g/mol. The van der Waals surface area contributed by atoms with Crippen LogP contribution < -0.4 is 4.74 Å². The molecule has 0 atom stereocenters. The predicted molar refractivity (Wildman–Crippen MR) is 68.8 cm³/mol. The molecule has 0 spiro atoms. The summed E-state index contributed by atoms with van der Waals surface area (Å²) in [6.07, 6.45) is 3.26. The van der Waals surface area contributed by atoms with E-state index in [9.17, 15) is 4.79 Å². The van der Waals surface area contributed by atoms with Crippen LogP contribution >= 0.6 is 0 Å². The molecule has 0 aromatic heterocycles. The SMILES string of the molecule is COc1ccc(C(=O)N(CCO)C2CCC2)cc1. The molecule has 4 nitrogen and oxygen atoms in total. The Morgan fingerprint density at radius 2 is 2.06 bits per heavy atom. The van der Waals surface area contributed by atoms with Gasteiger partial charge < -0.3 is 14.7 Å². The zero-order chi connectivity index (χ0) is 13.0. The normalized spacial score (nSPS) is 15.0. The Morgan fingerprint density at radius 3 is 2.50 bits per heavy atom. The molecule has 1 amide bonds. The van der Waals surface area contributed by atoms with Crippen LogP contribution in [0.15, 0.2) is 24.3 Å². The lowest BCUT2D eigenvalue weighted by Crippen LogP contribution is -2.45. The fraction of sp³-hybridized carbons (Fsp3) is 0.500. The number of carbonyl (C=O) groups is 1. The number of methoxy groups -OCH3 is 1. The van der Waals surface area contributed by atoms with Crippen LogP contribution in [0.3, 0.4) is 0 Å². The lowest BCUT2D eigenvalue weighted by molar-refractivity contribution is 0.0526. The maximum atomic E-state index is 12.3. The topological polar surface area (TPSA) is 49.8 Å². The number of aliphatic hydroxyl groups excluding tert-OH is 1. The zero-order valence-corrected chi connectivity index (χ0v) is 10.6. The van der Waals surface area contributed by atoms with Gasteiger partial charge in [-0.15, -0.1) is 0 Å². The minimum atomic E-state index is -0.00333. The second-order valence-corrected chi connectivity index (χ2v) is 4.54. The van der Waals surface area contributed by atoms with Gasteiger partial charge in [-0.05, 0) is 43.5 Å². The van der Waals surface area contributed by atoms with E-state index in [1.807, 2.05) is 0 Å². The number of rotatable bonds is 5. The van der Waals surface area contributed by atoms with Gasteiger partial charge in [0, 0.05) is 18.2 Å². The Labute approximate surface area is 107 Å². The zero-order valence-electron chi connectivity index (χ0n) is 10.6. The maximum Gasteiger partial charge on any atom is 0.254 e. The van der Waals surface area contributed by atoms with Gasteiger partial charge in [-0.25, -0.2) is 0 Å². The summed E-state index contributed by atoms with van der Waals surface area (Å²) in [7, 11) is 1.60. The summed E-state index contributed by atoms with van der Waals surface area (Å²) in [5, 5.41) is 9.07. The Kier molecular flexibility index (Phi) is 4.20. The summed E-state index contributed by atoms with van der Waals surface area (Å²) < 4.78 is 5.07. The van der Waals surface area contributed by atoms with Gasteiger partial charge in [-0.3, -0.25) is 4.79 Å². The molecule has 98 valence electrons. The molecule has 0 saturated heterocycles. The highest BCUT2D eigenvalue weighted by molar-refractivity contribution is 5.94.